The summed E-state index contributed by atoms with van der Waals surface area (Å²) in [5.41, 5.74) is 2.74. The lowest BCUT2D eigenvalue weighted by Gasteiger charge is -2.59. The van der Waals surface area contributed by atoms with Crippen LogP contribution in [0.3, 0.4) is 0 Å². The zero-order valence-electron chi connectivity index (χ0n) is 23.9. The fraction of sp³-hybridized carbons (Fsp3) is 0.750. The van der Waals surface area contributed by atoms with Crippen molar-refractivity contribution in [2.24, 2.45) is 50.7 Å². The van der Waals surface area contributed by atoms with Crippen molar-refractivity contribution in [3.63, 3.8) is 0 Å². The van der Waals surface area contributed by atoms with Crippen LogP contribution in [-0.2, 0) is 14.4 Å². The highest BCUT2D eigenvalue weighted by Gasteiger charge is 2.58. The zero-order chi connectivity index (χ0) is 28.4. The number of phenolic OH excluding ortho intramolecular Hbond substituents is 1. The van der Waals surface area contributed by atoms with Gasteiger partial charge in [-0.1, -0.05) is 18.1 Å². The van der Waals surface area contributed by atoms with Crippen LogP contribution in [0.4, 0.5) is 0 Å². The molecule has 0 spiro atoms. The van der Waals surface area contributed by atoms with E-state index in [1.54, 1.807) is 12.1 Å². The minimum absolute atomic E-state index is 0.0718. The number of esters is 1. The smallest absolute Gasteiger partial charge is 0.347 e. The highest BCUT2D eigenvalue weighted by molar-refractivity contribution is 7.99. The van der Waals surface area contributed by atoms with Gasteiger partial charge in [0, 0.05) is 22.1 Å². The molecule has 0 heterocycles. The standard InChI is InChI=1S/C32H42N2O6S/c1-31-7-6-24-23-3-2-22(35)15-26(23)28(16-25(24)27(31)4-5-29(31)36)33-40-17-30(37)39-9-8-32(41-34-38)20-11-18-10-19(13-20)14-21(32)12-18/h2-3,15,18-21,24-25,27,29,35-36H,4-14,16-17H2,1H3/t18?,19?,20?,21?,24-,25-,27+,29+,31+,32?/m1/s1. The number of carbonyl (C=O) groups excluding carboxylic acids is 1. The van der Waals surface area contributed by atoms with Crippen LogP contribution in [0.15, 0.2) is 27.9 Å². The average Bonchev–Trinajstić information content (AvgIpc) is 3.25. The fourth-order valence-corrected chi connectivity index (χ4v) is 11.6. The number of oxime groups is 1. The Bertz CT molecular complexity index is 1210. The van der Waals surface area contributed by atoms with Crippen molar-refractivity contribution in [3.8, 4) is 5.75 Å². The van der Waals surface area contributed by atoms with E-state index in [0.717, 1.165) is 48.8 Å². The average molecular weight is 583 g/mol. The number of nitrogens with zero attached hydrogens (tertiary/aromatic N) is 2. The van der Waals surface area contributed by atoms with Gasteiger partial charge >= 0.3 is 5.97 Å². The first-order valence-corrected chi connectivity index (χ1v) is 16.4. The van der Waals surface area contributed by atoms with Gasteiger partial charge in [-0.25, -0.2) is 4.79 Å². The number of rotatable bonds is 8. The van der Waals surface area contributed by atoms with Crippen molar-refractivity contribution in [3.05, 3.63) is 34.2 Å². The molecular weight excluding hydrogens is 540 g/mol. The summed E-state index contributed by atoms with van der Waals surface area (Å²) in [5, 5.41) is 25.5. The second-order valence-corrected chi connectivity index (χ2v) is 15.3. The number of hydrogen-bond donors (Lipinski definition) is 2. The molecule has 6 saturated carbocycles. The predicted octanol–water partition coefficient (Wildman–Crippen LogP) is 6.33. The molecule has 4 bridgehead atoms. The lowest BCUT2D eigenvalue weighted by molar-refractivity contribution is -0.150. The predicted molar refractivity (Wildman–Crippen MR) is 156 cm³/mol. The number of fused-ring (bicyclic) bond motifs is 5. The van der Waals surface area contributed by atoms with Crippen LogP contribution in [0, 0.1) is 45.8 Å². The summed E-state index contributed by atoms with van der Waals surface area (Å²) in [4.78, 5) is 29.7. The monoisotopic (exact) mass is 582 g/mol. The number of nitroso groups, excluding NO2 is 1. The van der Waals surface area contributed by atoms with Crippen molar-refractivity contribution in [1.82, 2.24) is 0 Å². The van der Waals surface area contributed by atoms with Gasteiger partial charge in [0.25, 0.3) is 0 Å². The van der Waals surface area contributed by atoms with Gasteiger partial charge in [0.05, 0.1) is 23.2 Å². The lowest BCUT2D eigenvalue weighted by atomic mass is 9.51. The van der Waals surface area contributed by atoms with E-state index in [1.807, 2.05) is 6.07 Å². The summed E-state index contributed by atoms with van der Waals surface area (Å²) >= 11 is 1.20. The number of hydrogen-bond acceptors (Lipinski definition) is 9. The summed E-state index contributed by atoms with van der Waals surface area (Å²) in [5.74, 6) is 3.39. The maximum Gasteiger partial charge on any atom is 0.347 e. The highest BCUT2D eigenvalue weighted by atomic mass is 32.2. The zero-order valence-corrected chi connectivity index (χ0v) is 24.7. The largest absolute Gasteiger partial charge is 0.508 e. The fourth-order valence-electron chi connectivity index (χ4n) is 10.7. The second-order valence-electron chi connectivity index (χ2n) is 14.2. The van der Waals surface area contributed by atoms with Crippen molar-refractivity contribution in [2.45, 2.75) is 94.3 Å². The van der Waals surface area contributed by atoms with Gasteiger partial charge in [-0.3, -0.25) is 0 Å². The Morgan fingerprint density at radius 3 is 2.59 bits per heavy atom. The molecule has 1 aromatic rings. The van der Waals surface area contributed by atoms with Gasteiger partial charge in [0.1, 0.15) is 5.75 Å². The normalized spacial score (nSPS) is 42.8. The van der Waals surface area contributed by atoms with Crippen molar-refractivity contribution in [2.75, 3.05) is 13.2 Å². The van der Waals surface area contributed by atoms with Gasteiger partial charge in [0.2, 0.25) is 6.61 Å². The number of benzene rings is 1. The molecule has 8 rings (SSSR count). The Kier molecular flexibility index (Phi) is 7.12. The maximum absolute atomic E-state index is 12.7. The molecule has 7 aliphatic carbocycles. The van der Waals surface area contributed by atoms with Gasteiger partial charge in [0.15, 0.2) is 0 Å². The van der Waals surface area contributed by atoms with Gasteiger partial charge in [-0.15, -0.1) is 4.91 Å². The van der Waals surface area contributed by atoms with E-state index in [0.29, 0.717) is 42.4 Å². The SMILES string of the molecule is C[C@]12CC[C@@H]3c4ccc(O)cc4C(=NOCC(=O)OCCC4(SN=O)C5CC6CC(C5)CC4C6)C[C@H]3[C@@H]1CC[C@@H]2O. The molecule has 9 heteroatoms. The molecule has 0 aromatic heterocycles. The molecule has 6 fully saturated rings. The molecule has 0 saturated heterocycles. The molecule has 0 amide bonds. The number of aliphatic hydroxyl groups is 1. The van der Waals surface area contributed by atoms with E-state index in [-0.39, 0.29) is 35.2 Å². The molecule has 7 aliphatic rings. The van der Waals surface area contributed by atoms with Crippen LogP contribution in [0.25, 0.3) is 0 Å². The van der Waals surface area contributed by atoms with E-state index >= 15 is 0 Å². The van der Waals surface area contributed by atoms with Crippen LogP contribution in [-0.4, -0.2) is 46.0 Å². The Morgan fingerprint density at radius 1 is 1.10 bits per heavy atom. The van der Waals surface area contributed by atoms with Crippen LogP contribution in [0.5, 0.6) is 5.75 Å². The Balaban J connectivity index is 1.00. The minimum Gasteiger partial charge on any atom is -0.508 e. The van der Waals surface area contributed by atoms with Crippen LogP contribution in [0.2, 0.25) is 0 Å². The maximum atomic E-state index is 12.7. The van der Waals surface area contributed by atoms with E-state index < -0.39 is 5.97 Å². The summed E-state index contributed by atoms with van der Waals surface area (Å²) in [7, 11) is 0. The minimum atomic E-state index is -0.466. The number of ether oxygens (including phenoxy) is 1. The Hall–Kier alpha value is -2.13. The Labute approximate surface area is 246 Å². The molecule has 5 atom stereocenters. The van der Waals surface area contributed by atoms with E-state index in [1.165, 1.54) is 49.6 Å². The van der Waals surface area contributed by atoms with Crippen molar-refractivity contribution in [1.29, 1.82) is 0 Å². The van der Waals surface area contributed by atoms with Crippen molar-refractivity contribution >= 4 is 23.6 Å². The molecule has 0 radical (unpaired) electrons. The van der Waals surface area contributed by atoms with Crippen LogP contribution < -0.4 is 0 Å². The molecule has 0 unspecified atom stereocenters. The van der Waals surface area contributed by atoms with Gasteiger partial charge < -0.3 is 19.8 Å². The molecule has 1 aromatic carbocycles. The first-order chi connectivity index (χ1) is 19.8. The number of aliphatic hydroxyl groups excluding tert-OH is 1. The molecular formula is C32H42N2O6S. The summed E-state index contributed by atoms with van der Waals surface area (Å²) in [6.45, 7) is 2.21. The van der Waals surface area contributed by atoms with Crippen LogP contribution in [0.1, 0.15) is 94.6 Å². The van der Waals surface area contributed by atoms with Gasteiger partial charge in [-0.2, -0.15) is 0 Å². The van der Waals surface area contributed by atoms with E-state index in [2.05, 4.69) is 16.7 Å². The quantitative estimate of drug-likeness (QED) is 0.159. The molecule has 222 valence electrons. The molecule has 8 nitrogen and oxygen atoms in total. The third-order valence-electron chi connectivity index (χ3n) is 12.4. The Morgan fingerprint density at radius 2 is 1.85 bits per heavy atom. The molecule has 41 heavy (non-hydrogen) atoms. The third kappa shape index (κ3) is 4.60. The number of phenols is 1. The molecule has 0 aliphatic heterocycles. The molecule has 2 N–H and O–H groups in total. The summed E-state index contributed by atoms with van der Waals surface area (Å²) in [6, 6.07) is 5.50. The van der Waals surface area contributed by atoms with Crippen molar-refractivity contribution < 1.29 is 24.6 Å². The lowest BCUT2D eigenvalue weighted by Crippen LogP contribution is -2.56. The van der Waals surface area contributed by atoms with Crippen LogP contribution >= 0.6 is 11.9 Å². The highest BCUT2D eigenvalue weighted by Crippen LogP contribution is 2.64. The topological polar surface area (TPSA) is 118 Å². The summed E-state index contributed by atoms with van der Waals surface area (Å²) < 4.78 is 8.69. The number of carbonyl (C=O) groups is 1. The van der Waals surface area contributed by atoms with Gasteiger partial charge in [-0.05, 0) is 135 Å². The number of aromatic hydroxyl groups is 1. The second kappa shape index (κ2) is 10.5. The third-order valence-corrected chi connectivity index (χ3v) is 13.7. The first kappa shape index (κ1) is 27.7. The van der Waals surface area contributed by atoms with E-state index in [9.17, 15) is 19.9 Å². The summed E-state index contributed by atoms with van der Waals surface area (Å²) in [6.07, 6.45) is 11.0. The van der Waals surface area contributed by atoms with E-state index in [4.69, 9.17) is 9.57 Å². The first-order valence-electron chi connectivity index (χ1n) is 15.7.